The fourth-order valence-corrected chi connectivity index (χ4v) is 4.91. The number of pyridine rings is 1. The molecule has 4 nitrogen and oxygen atoms in total. The predicted molar refractivity (Wildman–Crippen MR) is 106 cm³/mol. The van der Waals surface area contributed by atoms with Gasteiger partial charge in [0.05, 0.1) is 24.5 Å². The van der Waals surface area contributed by atoms with Gasteiger partial charge in [0.2, 0.25) is 5.91 Å². The maximum absolute atomic E-state index is 12.5. The lowest BCUT2D eigenvalue weighted by Crippen LogP contribution is -2.41. The molecule has 1 aliphatic heterocycles. The number of thioether (sulfide) groups is 1. The van der Waals surface area contributed by atoms with Crippen molar-refractivity contribution >= 4 is 28.6 Å². The van der Waals surface area contributed by atoms with Crippen LogP contribution in [-0.2, 0) is 22.4 Å². The second-order valence-corrected chi connectivity index (χ2v) is 8.28. The highest BCUT2D eigenvalue weighted by Gasteiger charge is 2.22. The fourth-order valence-electron chi connectivity index (χ4n) is 3.90. The van der Waals surface area contributed by atoms with Crippen LogP contribution < -0.4 is 0 Å². The van der Waals surface area contributed by atoms with E-state index in [0.29, 0.717) is 32.1 Å². The van der Waals surface area contributed by atoms with Crippen LogP contribution in [0.3, 0.4) is 0 Å². The molecule has 0 radical (unpaired) electrons. The topological polar surface area (TPSA) is 42.4 Å². The second-order valence-electron chi connectivity index (χ2n) is 7.32. The first kappa shape index (κ1) is 17.8. The number of hydrogen-bond donors (Lipinski definition) is 0. The van der Waals surface area contributed by atoms with Crippen molar-refractivity contribution < 1.29 is 9.53 Å². The lowest BCUT2D eigenvalue weighted by Gasteiger charge is -2.27. The van der Waals surface area contributed by atoms with Crippen LogP contribution in [-0.4, -0.2) is 47.8 Å². The van der Waals surface area contributed by atoms with Crippen molar-refractivity contribution in [3.63, 3.8) is 0 Å². The number of aryl methyl sites for hydroxylation is 3. The lowest BCUT2D eigenvalue weighted by molar-refractivity contribution is -0.132. The minimum absolute atomic E-state index is 0.199. The molecule has 2 aromatic rings. The molecule has 2 heterocycles. The molecular weight excluding hydrogens is 344 g/mol. The molecular formula is C21H26N2O2S. The van der Waals surface area contributed by atoms with Crippen LogP contribution in [0.4, 0.5) is 0 Å². The number of amides is 1. The maximum Gasteiger partial charge on any atom is 0.233 e. The smallest absolute Gasteiger partial charge is 0.233 e. The van der Waals surface area contributed by atoms with Gasteiger partial charge in [0, 0.05) is 18.5 Å². The fraction of sp³-hybridized carbons (Fsp3) is 0.524. The Hall–Kier alpha value is -1.59. The monoisotopic (exact) mass is 370 g/mol. The number of carbonyl (C=O) groups excluding carboxylic acids is 1. The average molecular weight is 371 g/mol. The van der Waals surface area contributed by atoms with Gasteiger partial charge in [-0.05, 0) is 73.9 Å². The summed E-state index contributed by atoms with van der Waals surface area (Å²) in [5, 5.41) is 2.38. The molecule has 2 aliphatic rings. The molecule has 0 N–H and O–H groups in total. The van der Waals surface area contributed by atoms with Gasteiger partial charge in [0.1, 0.15) is 5.03 Å². The van der Waals surface area contributed by atoms with E-state index in [1.54, 1.807) is 11.8 Å². The number of rotatable bonds is 3. The van der Waals surface area contributed by atoms with Crippen molar-refractivity contribution in [2.45, 2.75) is 44.6 Å². The van der Waals surface area contributed by atoms with Crippen molar-refractivity contribution in [3.05, 3.63) is 34.4 Å². The standard InChI is InChI=1S/C21H26N2O2S/c1-14-11-18-16-5-3-4-6-17(16)21(22-19(18)12-15(14)2)26-13-20(24)23-7-9-25-10-8-23/h11-12H,3-10,13H2,1-2H3. The van der Waals surface area contributed by atoms with Crippen LogP contribution in [0.2, 0.25) is 0 Å². The van der Waals surface area contributed by atoms with E-state index in [0.717, 1.165) is 23.4 Å². The van der Waals surface area contributed by atoms with Crippen LogP contribution >= 0.6 is 11.8 Å². The Morgan fingerprint density at radius 2 is 1.81 bits per heavy atom. The number of morpholine rings is 1. The molecule has 138 valence electrons. The Morgan fingerprint density at radius 1 is 1.12 bits per heavy atom. The molecule has 26 heavy (non-hydrogen) atoms. The Balaban J connectivity index is 1.63. The van der Waals surface area contributed by atoms with Gasteiger partial charge in [-0.3, -0.25) is 4.79 Å². The first-order chi connectivity index (χ1) is 12.6. The van der Waals surface area contributed by atoms with Crippen LogP contribution in [0.25, 0.3) is 10.9 Å². The van der Waals surface area contributed by atoms with E-state index in [4.69, 9.17) is 9.72 Å². The highest BCUT2D eigenvalue weighted by Crippen LogP contribution is 2.35. The number of carbonyl (C=O) groups is 1. The summed E-state index contributed by atoms with van der Waals surface area (Å²) in [4.78, 5) is 19.4. The SMILES string of the molecule is Cc1cc2nc(SCC(=O)N3CCOCC3)c3c(c2cc1C)CCCC3. The van der Waals surface area contributed by atoms with E-state index in [2.05, 4.69) is 26.0 Å². The van der Waals surface area contributed by atoms with Crippen molar-refractivity contribution in [2.24, 2.45) is 0 Å². The van der Waals surface area contributed by atoms with E-state index in [-0.39, 0.29) is 5.91 Å². The van der Waals surface area contributed by atoms with Crippen LogP contribution in [0.5, 0.6) is 0 Å². The minimum Gasteiger partial charge on any atom is -0.378 e. The third-order valence-corrected chi connectivity index (χ3v) is 6.58. The quantitative estimate of drug-likeness (QED) is 0.773. The third kappa shape index (κ3) is 3.47. The highest BCUT2D eigenvalue weighted by atomic mass is 32.2. The average Bonchev–Trinajstić information content (AvgIpc) is 2.68. The van der Waals surface area contributed by atoms with E-state index in [1.165, 1.54) is 40.5 Å². The number of benzene rings is 1. The summed E-state index contributed by atoms with van der Waals surface area (Å²) in [6.45, 7) is 7.04. The van der Waals surface area contributed by atoms with Crippen molar-refractivity contribution in [2.75, 3.05) is 32.1 Å². The van der Waals surface area contributed by atoms with Crippen LogP contribution in [0.1, 0.15) is 35.1 Å². The number of hydrogen-bond acceptors (Lipinski definition) is 4. The summed E-state index contributed by atoms with van der Waals surface area (Å²) in [7, 11) is 0. The first-order valence-corrected chi connectivity index (χ1v) is 10.5. The molecule has 0 unspecified atom stereocenters. The predicted octanol–water partition coefficient (Wildman–Crippen LogP) is 3.68. The van der Waals surface area contributed by atoms with Crippen LogP contribution in [0.15, 0.2) is 17.2 Å². The second kappa shape index (κ2) is 7.57. The van der Waals surface area contributed by atoms with Crippen LogP contribution in [0, 0.1) is 13.8 Å². The Kier molecular flexibility index (Phi) is 5.18. The number of ether oxygens (including phenoxy) is 1. The molecule has 1 fully saturated rings. The minimum atomic E-state index is 0.199. The zero-order chi connectivity index (χ0) is 18.1. The number of fused-ring (bicyclic) bond motifs is 3. The normalized spacial score (nSPS) is 17.4. The van der Waals surface area contributed by atoms with Gasteiger partial charge in [0.15, 0.2) is 0 Å². The molecule has 0 spiro atoms. The molecule has 1 saturated heterocycles. The van der Waals surface area contributed by atoms with Gasteiger partial charge < -0.3 is 9.64 Å². The van der Waals surface area contributed by atoms with Crippen molar-refractivity contribution in [1.82, 2.24) is 9.88 Å². The van der Waals surface area contributed by atoms with Crippen molar-refractivity contribution in [3.8, 4) is 0 Å². The Morgan fingerprint density at radius 3 is 2.58 bits per heavy atom. The Labute approximate surface area is 159 Å². The molecule has 1 aromatic heterocycles. The summed E-state index contributed by atoms with van der Waals surface area (Å²) in [6.07, 6.45) is 4.67. The van der Waals surface area contributed by atoms with Gasteiger partial charge in [0.25, 0.3) is 0 Å². The largest absolute Gasteiger partial charge is 0.378 e. The van der Waals surface area contributed by atoms with E-state index in [9.17, 15) is 4.79 Å². The number of nitrogens with zero attached hydrogens (tertiary/aromatic N) is 2. The molecule has 0 atom stereocenters. The van der Waals surface area contributed by atoms with E-state index < -0.39 is 0 Å². The van der Waals surface area contributed by atoms with E-state index >= 15 is 0 Å². The van der Waals surface area contributed by atoms with Gasteiger partial charge in [-0.15, -0.1) is 0 Å². The molecule has 5 heteroatoms. The molecule has 1 aliphatic carbocycles. The Bertz CT molecular complexity index is 844. The molecule has 0 bridgehead atoms. The molecule has 0 saturated carbocycles. The summed E-state index contributed by atoms with van der Waals surface area (Å²) >= 11 is 1.62. The zero-order valence-corrected chi connectivity index (χ0v) is 16.5. The molecule has 1 aromatic carbocycles. The maximum atomic E-state index is 12.5. The van der Waals surface area contributed by atoms with Gasteiger partial charge in [-0.1, -0.05) is 11.8 Å². The summed E-state index contributed by atoms with van der Waals surface area (Å²) < 4.78 is 5.34. The molecule has 4 rings (SSSR count). The molecule has 1 amide bonds. The van der Waals surface area contributed by atoms with Gasteiger partial charge in [-0.2, -0.15) is 0 Å². The van der Waals surface area contributed by atoms with Gasteiger partial charge >= 0.3 is 0 Å². The zero-order valence-electron chi connectivity index (χ0n) is 15.6. The summed E-state index contributed by atoms with van der Waals surface area (Å²) in [5.41, 5.74) is 6.53. The summed E-state index contributed by atoms with van der Waals surface area (Å²) in [6, 6.07) is 4.50. The summed E-state index contributed by atoms with van der Waals surface area (Å²) in [5.74, 6) is 0.667. The lowest BCUT2D eigenvalue weighted by atomic mass is 9.89. The van der Waals surface area contributed by atoms with Crippen molar-refractivity contribution in [1.29, 1.82) is 0 Å². The first-order valence-electron chi connectivity index (χ1n) is 9.54. The number of aromatic nitrogens is 1. The van der Waals surface area contributed by atoms with E-state index in [1.807, 2.05) is 4.90 Å². The third-order valence-electron chi connectivity index (χ3n) is 5.58. The van der Waals surface area contributed by atoms with Gasteiger partial charge in [-0.25, -0.2) is 4.98 Å². The highest BCUT2D eigenvalue weighted by molar-refractivity contribution is 7.99.